The normalized spacial score (nSPS) is 10.1. The fourth-order valence-corrected chi connectivity index (χ4v) is 2.55. The maximum atomic E-state index is 6.38. The number of anilines is 1. The van der Waals surface area contributed by atoms with Crippen molar-refractivity contribution < 1.29 is 9.47 Å². The highest BCUT2D eigenvalue weighted by Crippen LogP contribution is 2.38. The molecule has 0 unspecified atom stereocenters. The number of hydrogen-bond donors (Lipinski definition) is 1. The van der Waals surface area contributed by atoms with Crippen molar-refractivity contribution >= 4 is 23.1 Å². The van der Waals surface area contributed by atoms with Crippen molar-refractivity contribution in [2.45, 2.75) is 13.8 Å². The minimum Gasteiger partial charge on any atom is -0.493 e. The number of imidazole rings is 1. The molecule has 0 atom stereocenters. The van der Waals surface area contributed by atoms with E-state index in [4.69, 9.17) is 26.8 Å². The fourth-order valence-electron chi connectivity index (χ4n) is 2.30. The monoisotopic (exact) mass is 333 g/mol. The van der Waals surface area contributed by atoms with Crippen LogP contribution in [0.5, 0.6) is 11.5 Å². The molecular weight excluding hydrogens is 314 g/mol. The van der Waals surface area contributed by atoms with E-state index >= 15 is 0 Å². The average Bonchev–Trinajstić information content (AvgIpc) is 2.96. The lowest BCUT2D eigenvalue weighted by Gasteiger charge is -2.13. The Morgan fingerprint density at radius 3 is 2.39 bits per heavy atom. The third-order valence-electron chi connectivity index (χ3n) is 3.26. The number of rotatable bonds is 3. The van der Waals surface area contributed by atoms with Gasteiger partial charge in [-0.05, 0) is 18.2 Å². The van der Waals surface area contributed by atoms with Crippen molar-refractivity contribution in [2.75, 3.05) is 20.0 Å². The molecule has 0 bridgehead atoms. The van der Waals surface area contributed by atoms with E-state index < -0.39 is 0 Å². The molecule has 3 aromatic rings. The summed E-state index contributed by atoms with van der Waals surface area (Å²) in [5.41, 5.74) is 8.22. The highest BCUT2D eigenvalue weighted by Gasteiger charge is 2.14. The van der Waals surface area contributed by atoms with Gasteiger partial charge in [0.25, 0.3) is 0 Å². The summed E-state index contributed by atoms with van der Waals surface area (Å²) in [6.45, 7) is 4.00. The molecular formula is C17H20ClN3O2. The molecule has 0 radical (unpaired) electrons. The summed E-state index contributed by atoms with van der Waals surface area (Å²) >= 11 is 6.38. The molecule has 2 heterocycles. The first kappa shape index (κ1) is 17.0. The summed E-state index contributed by atoms with van der Waals surface area (Å²) in [5, 5.41) is 0.562. The van der Waals surface area contributed by atoms with E-state index in [9.17, 15) is 0 Å². The van der Waals surface area contributed by atoms with E-state index in [0.717, 1.165) is 16.9 Å². The van der Waals surface area contributed by atoms with Crippen LogP contribution in [0.4, 0.5) is 5.82 Å². The van der Waals surface area contributed by atoms with Crippen LogP contribution >= 0.6 is 11.6 Å². The molecule has 3 rings (SSSR count). The van der Waals surface area contributed by atoms with Gasteiger partial charge in [0, 0.05) is 11.6 Å². The van der Waals surface area contributed by atoms with Crippen LogP contribution in [0.2, 0.25) is 5.02 Å². The molecule has 0 aliphatic rings. The van der Waals surface area contributed by atoms with E-state index in [1.165, 1.54) is 0 Å². The molecule has 1 aromatic carbocycles. The van der Waals surface area contributed by atoms with Crippen molar-refractivity contribution in [1.82, 2.24) is 9.38 Å². The Labute approximate surface area is 140 Å². The van der Waals surface area contributed by atoms with Crippen molar-refractivity contribution in [1.29, 1.82) is 0 Å². The Hall–Kier alpha value is -2.40. The first-order valence-electron chi connectivity index (χ1n) is 7.29. The van der Waals surface area contributed by atoms with Gasteiger partial charge in [0.15, 0.2) is 11.5 Å². The van der Waals surface area contributed by atoms with Gasteiger partial charge in [0.05, 0.1) is 31.1 Å². The van der Waals surface area contributed by atoms with Crippen LogP contribution in [-0.2, 0) is 0 Å². The summed E-state index contributed by atoms with van der Waals surface area (Å²) in [5.74, 6) is 1.66. The molecule has 0 saturated carbocycles. The number of benzene rings is 1. The lowest BCUT2D eigenvalue weighted by atomic mass is 10.1. The smallest absolute Gasteiger partial charge is 0.162 e. The summed E-state index contributed by atoms with van der Waals surface area (Å²) in [4.78, 5) is 4.25. The van der Waals surface area contributed by atoms with Crippen LogP contribution in [-0.4, -0.2) is 23.6 Å². The van der Waals surface area contributed by atoms with Crippen LogP contribution in [0.3, 0.4) is 0 Å². The Kier molecular flexibility index (Phi) is 5.34. The Morgan fingerprint density at radius 1 is 1.09 bits per heavy atom. The van der Waals surface area contributed by atoms with Gasteiger partial charge in [0.2, 0.25) is 0 Å². The lowest BCUT2D eigenvalue weighted by molar-refractivity contribution is 0.355. The van der Waals surface area contributed by atoms with Gasteiger partial charge in [-0.15, -0.1) is 0 Å². The maximum Gasteiger partial charge on any atom is 0.162 e. The molecule has 122 valence electrons. The molecule has 6 heteroatoms. The van der Waals surface area contributed by atoms with Crippen LogP contribution in [0.25, 0.3) is 16.9 Å². The average molecular weight is 334 g/mol. The van der Waals surface area contributed by atoms with Crippen molar-refractivity contribution in [3.63, 3.8) is 0 Å². The third kappa shape index (κ3) is 3.19. The largest absolute Gasteiger partial charge is 0.493 e. The zero-order chi connectivity index (χ0) is 17.0. The van der Waals surface area contributed by atoms with Gasteiger partial charge < -0.3 is 15.2 Å². The first-order chi connectivity index (χ1) is 11.1. The van der Waals surface area contributed by atoms with Crippen molar-refractivity contribution in [2.24, 2.45) is 0 Å². The molecule has 2 N–H and O–H groups in total. The topological polar surface area (TPSA) is 61.8 Å². The predicted octanol–water partition coefficient (Wildman–Crippen LogP) is 4.28. The van der Waals surface area contributed by atoms with Crippen LogP contribution in [0.1, 0.15) is 13.8 Å². The van der Waals surface area contributed by atoms with Gasteiger partial charge in [-0.1, -0.05) is 31.5 Å². The zero-order valence-corrected chi connectivity index (χ0v) is 14.4. The van der Waals surface area contributed by atoms with Crippen LogP contribution in [0.15, 0.2) is 36.5 Å². The molecule has 23 heavy (non-hydrogen) atoms. The van der Waals surface area contributed by atoms with Crippen LogP contribution < -0.4 is 15.2 Å². The van der Waals surface area contributed by atoms with Gasteiger partial charge in [0.1, 0.15) is 11.5 Å². The van der Waals surface area contributed by atoms with E-state index in [0.29, 0.717) is 22.3 Å². The number of halogens is 1. The zero-order valence-electron chi connectivity index (χ0n) is 13.6. The van der Waals surface area contributed by atoms with Crippen LogP contribution in [0, 0.1) is 0 Å². The number of ether oxygens (including phenoxy) is 2. The minimum atomic E-state index is 0.457. The molecule has 0 fully saturated rings. The lowest BCUT2D eigenvalue weighted by Crippen LogP contribution is -1.95. The van der Waals surface area contributed by atoms with Crippen molar-refractivity contribution in [3.05, 3.63) is 41.6 Å². The van der Waals surface area contributed by atoms with E-state index in [-0.39, 0.29) is 0 Å². The first-order valence-corrected chi connectivity index (χ1v) is 7.67. The molecule has 0 aliphatic carbocycles. The molecule has 5 nitrogen and oxygen atoms in total. The second kappa shape index (κ2) is 7.24. The molecule has 0 spiro atoms. The SMILES string of the molecule is CC.COc1cc(Cl)c(-c2cccc3nc(N)cn23)cc1OC. The van der Waals surface area contributed by atoms with Gasteiger partial charge in [-0.2, -0.15) is 0 Å². The summed E-state index contributed by atoms with van der Waals surface area (Å²) in [6, 6.07) is 9.31. The standard InChI is InChI=1S/C15H14ClN3O2.C2H6/c1-20-12-6-9(10(16)7-13(12)21-2)11-4-3-5-15-18-14(17)8-19(11)15;1-2/h3-8H,17H2,1-2H3;1-2H3. The fraction of sp³-hybridized carbons (Fsp3) is 0.235. The highest BCUT2D eigenvalue weighted by atomic mass is 35.5. The summed E-state index contributed by atoms with van der Waals surface area (Å²) in [7, 11) is 3.16. The molecule has 0 amide bonds. The second-order valence-electron chi connectivity index (χ2n) is 4.49. The van der Waals surface area contributed by atoms with E-state index in [1.807, 2.05) is 42.5 Å². The quantitative estimate of drug-likeness (QED) is 0.777. The van der Waals surface area contributed by atoms with E-state index in [1.54, 1.807) is 26.5 Å². The third-order valence-corrected chi connectivity index (χ3v) is 3.57. The number of pyridine rings is 1. The number of nitrogens with two attached hydrogens (primary N) is 1. The molecule has 0 aliphatic heterocycles. The number of nitrogens with zero attached hydrogens (tertiary/aromatic N) is 2. The number of aromatic nitrogens is 2. The minimum absolute atomic E-state index is 0.457. The molecule has 0 saturated heterocycles. The van der Waals surface area contributed by atoms with E-state index in [2.05, 4.69) is 4.98 Å². The number of hydrogen-bond acceptors (Lipinski definition) is 4. The van der Waals surface area contributed by atoms with Crippen molar-refractivity contribution in [3.8, 4) is 22.8 Å². The summed E-state index contributed by atoms with van der Waals surface area (Å²) in [6.07, 6.45) is 1.76. The highest BCUT2D eigenvalue weighted by molar-refractivity contribution is 6.33. The number of fused-ring (bicyclic) bond motifs is 1. The number of nitrogen functional groups attached to an aromatic ring is 1. The Morgan fingerprint density at radius 2 is 1.74 bits per heavy atom. The Bertz CT molecular complexity index is 815. The second-order valence-corrected chi connectivity index (χ2v) is 4.90. The maximum absolute atomic E-state index is 6.38. The predicted molar refractivity (Wildman–Crippen MR) is 94.5 cm³/mol. The van der Waals surface area contributed by atoms with Gasteiger partial charge in [-0.3, -0.25) is 4.40 Å². The molecule has 2 aromatic heterocycles. The Balaban J connectivity index is 0.000000924. The number of methoxy groups -OCH3 is 2. The summed E-state index contributed by atoms with van der Waals surface area (Å²) < 4.78 is 12.5. The van der Waals surface area contributed by atoms with Gasteiger partial charge >= 0.3 is 0 Å². The van der Waals surface area contributed by atoms with Gasteiger partial charge in [-0.25, -0.2) is 4.98 Å².